The van der Waals surface area contributed by atoms with Gasteiger partial charge in [-0.1, -0.05) is 12.2 Å². The molecule has 0 aromatic heterocycles. The Morgan fingerprint density at radius 2 is 2.15 bits per heavy atom. The van der Waals surface area contributed by atoms with Crippen molar-refractivity contribution in [2.24, 2.45) is 0 Å². The van der Waals surface area contributed by atoms with E-state index in [9.17, 15) is 0 Å². The Bertz CT molecular complexity index is 794. The van der Waals surface area contributed by atoms with Gasteiger partial charge in [0.05, 0.1) is 17.7 Å². The van der Waals surface area contributed by atoms with E-state index in [1.54, 1.807) is 6.26 Å². The van der Waals surface area contributed by atoms with Crippen LogP contribution >= 0.6 is 0 Å². The molecule has 0 bridgehead atoms. The second-order valence-corrected chi connectivity index (χ2v) is 6.88. The van der Waals surface area contributed by atoms with Crippen LogP contribution in [0.2, 0.25) is 0 Å². The van der Waals surface area contributed by atoms with Crippen LogP contribution in [0.25, 0.3) is 0 Å². The van der Waals surface area contributed by atoms with Gasteiger partial charge in [0, 0.05) is 18.6 Å². The smallest absolute Gasteiger partial charge is 0.129 e. The number of hydrogen-bond acceptors (Lipinski definition) is 5. The Labute approximate surface area is 154 Å². The lowest BCUT2D eigenvalue weighted by atomic mass is 9.95. The Balaban J connectivity index is 1.42. The van der Waals surface area contributed by atoms with E-state index in [1.807, 2.05) is 17.4 Å². The van der Waals surface area contributed by atoms with Crippen molar-refractivity contribution in [3.63, 3.8) is 0 Å². The number of ether oxygens (including phenoxy) is 2. The van der Waals surface area contributed by atoms with Crippen molar-refractivity contribution in [1.82, 2.24) is 9.96 Å². The molecule has 1 aliphatic carbocycles. The average Bonchev–Trinajstić information content (AvgIpc) is 2.90. The Morgan fingerprint density at radius 1 is 1.23 bits per heavy atom. The molecule has 0 unspecified atom stereocenters. The maximum absolute atomic E-state index is 5.86. The first kappa shape index (κ1) is 16.9. The molecule has 0 radical (unpaired) electrons. The summed E-state index contributed by atoms with van der Waals surface area (Å²) in [7, 11) is 4.14. The second-order valence-electron chi connectivity index (χ2n) is 6.88. The molecular formula is C21H24N2O3. The molecule has 0 fully saturated rings. The largest absolute Gasteiger partial charge is 0.466 e. The number of hydrogen-bond donors (Lipinski definition) is 0. The minimum Gasteiger partial charge on any atom is -0.466 e. The predicted molar refractivity (Wildman–Crippen MR) is 100 cm³/mol. The molecule has 136 valence electrons. The minimum absolute atomic E-state index is 0.495. The molecular weight excluding hydrogens is 328 g/mol. The van der Waals surface area contributed by atoms with E-state index in [-0.39, 0.29) is 0 Å². The number of rotatable bonds is 6. The normalized spacial score (nSPS) is 20.3. The van der Waals surface area contributed by atoms with E-state index in [4.69, 9.17) is 14.3 Å². The van der Waals surface area contributed by atoms with Crippen LogP contribution in [0.1, 0.15) is 12.8 Å². The van der Waals surface area contributed by atoms with Crippen LogP contribution in [0.3, 0.4) is 0 Å². The quantitative estimate of drug-likeness (QED) is 0.683. The van der Waals surface area contributed by atoms with Gasteiger partial charge in [-0.15, -0.1) is 0 Å². The molecule has 0 atom stereocenters. The maximum Gasteiger partial charge on any atom is 0.129 e. The van der Waals surface area contributed by atoms with Crippen molar-refractivity contribution in [2.45, 2.75) is 12.8 Å². The molecule has 0 N–H and O–H groups in total. The van der Waals surface area contributed by atoms with Crippen molar-refractivity contribution in [1.29, 1.82) is 0 Å². The fraction of sp³-hybridized carbons (Fsp3) is 0.333. The van der Waals surface area contributed by atoms with Crippen LogP contribution in [-0.4, -0.2) is 43.8 Å². The Hall–Kier alpha value is -2.50. The molecule has 0 spiro atoms. The topological polar surface area (TPSA) is 34.2 Å². The second kappa shape index (κ2) is 7.40. The van der Waals surface area contributed by atoms with Crippen molar-refractivity contribution in [2.75, 3.05) is 33.9 Å². The number of fused-ring (bicyclic) bond motifs is 4. The molecule has 0 saturated heterocycles. The van der Waals surface area contributed by atoms with Gasteiger partial charge in [-0.2, -0.15) is 5.06 Å². The van der Waals surface area contributed by atoms with Crippen LogP contribution in [0.4, 0.5) is 0 Å². The van der Waals surface area contributed by atoms with Crippen molar-refractivity contribution in [3.8, 4) is 0 Å². The van der Waals surface area contributed by atoms with E-state index in [0.29, 0.717) is 6.61 Å². The molecule has 0 amide bonds. The van der Waals surface area contributed by atoms with Gasteiger partial charge in [-0.25, -0.2) is 0 Å². The maximum atomic E-state index is 5.86. The molecule has 4 rings (SSSR count). The van der Waals surface area contributed by atoms with Crippen LogP contribution in [0.15, 0.2) is 82.9 Å². The molecule has 3 aliphatic heterocycles. The lowest BCUT2D eigenvalue weighted by Gasteiger charge is -2.22. The van der Waals surface area contributed by atoms with E-state index in [1.165, 1.54) is 5.57 Å². The summed E-state index contributed by atoms with van der Waals surface area (Å²) in [6, 6.07) is 0. The zero-order valence-electron chi connectivity index (χ0n) is 15.3. The molecule has 26 heavy (non-hydrogen) atoms. The summed E-state index contributed by atoms with van der Waals surface area (Å²) in [6.07, 6.45) is 17.7. The zero-order valence-corrected chi connectivity index (χ0v) is 15.3. The lowest BCUT2D eigenvalue weighted by molar-refractivity contribution is -0.0312. The third kappa shape index (κ3) is 3.41. The first-order valence-electron chi connectivity index (χ1n) is 8.97. The van der Waals surface area contributed by atoms with E-state index in [2.05, 4.69) is 49.4 Å². The third-order valence-corrected chi connectivity index (χ3v) is 4.63. The van der Waals surface area contributed by atoms with Gasteiger partial charge < -0.3 is 19.2 Å². The summed E-state index contributed by atoms with van der Waals surface area (Å²) in [6.45, 7) is 2.26. The Kier molecular flexibility index (Phi) is 4.82. The minimum atomic E-state index is 0.495. The highest BCUT2D eigenvalue weighted by Crippen LogP contribution is 2.42. The number of allylic oxidation sites excluding steroid dienone is 9. The highest BCUT2D eigenvalue weighted by atomic mass is 16.7. The highest BCUT2D eigenvalue weighted by molar-refractivity contribution is 5.62. The summed E-state index contributed by atoms with van der Waals surface area (Å²) in [5.74, 6) is 0.843. The first-order valence-corrected chi connectivity index (χ1v) is 8.97. The van der Waals surface area contributed by atoms with E-state index < -0.39 is 0 Å². The van der Waals surface area contributed by atoms with Gasteiger partial charge in [-0.3, -0.25) is 0 Å². The summed E-state index contributed by atoms with van der Waals surface area (Å²) < 4.78 is 11.6. The van der Waals surface area contributed by atoms with Crippen LogP contribution in [0, 0.1) is 0 Å². The van der Waals surface area contributed by atoms with E-state index >= 15 is 0 Å². The molecule has 4 aliphatic rings. The van der Waals surface area contributed by atoms with Crippen LogP contribution in [-0.2, 0) is 14.3 Å². The third-order valence-electron chi connectivity index (χ3n) is 4.63. The van der Waals surface area contributed by atoms with Crippen molar-refractivity contribution >= 4 is 0 Å². The van der Waals surface area contributed by atoms with Gasteiger partial charge in [0.25, 0.3) is 0 Å². The van der Waals surface area contributed by atoms with Gasteiger partial charge in [0.2, 0.25) is 0 Å². The molecule has 5 heteroatoms. The molecule has 5 nitrogen and oxygen atoms in total. The average molecular weight is 352 g/mol. The fourth-order valence-electron chi connectivity index (χ4n) is 3.37. The van der Waals surface area contributed by atoms with Crippen molar-refractivity contribution in [3.05, 3.63) is 82.9 Å². The number of nitrogens with zero attached hydrogens (tertiary/aromatic N) is 2. The van der Waals surface area contributed by atoms with Gasteiger partial charge in [0.15, 0.2) is 0 Å². The monoisotopic (exact) mass is 352 g/mol. The van der Waals surface area contributed by atoms with Gasteiger partial charge in [-0.05, 0) is 62.5 Å². The predicted octanol–water partition coefficient (Wildman–Crippen LogP) is 3.55. The molecule has 3 heterocycles. The molecule has 0 saturated carbocycles. The Morgan fingerprint density at radius 3 is 3.04 bits per heavy atom. The zero-order chi connectivity index (χ0) is 17.9. The summed E-state index contributed by atoms with van der Waals surface area (Å²) in [4.78, 5) is 7.83. The highest BCUT2D eigenvalue weighted by Gasteiger charge is 2.32. The number of hydroxylamine groups is 2. The molecule has 0 aromatic rings. The van der Waals surface area contributed by atoms with Crippen molar-refractivity contribution < 1.29 is 14.3 Å². The van der Waals surface area contributed by atoms with Crippen LogP contribution < -0.4 is 0 Å². The first-order chi connectivity index (χ1) is 12.7. The molecule has 0 aromatic carbocycles. The fourth-order valence-corrected chi connectivity index (χ4v) is 3.37. The van der Waals surface area contributed by atoms with Gasteiger partial charge in [0.1, 0.15) is 18.6 Å². The summed E-state index contributed by atoms with van der Waals surface area (Å²) in [5.41, 5.74) is 5.70. The summed E-state index contributed by atoms with van der Waals surface area (Å²) >= 11 is 0. The SMILES string of the molecule is CN(C)CCCOCC1=CC2=CC=CC3=C(CC4=CC=CON43)C2=CO1. The lowest BCUT2D eigenvalue weighted by Crippen LogP contribution is -2.16. The van der Waals surface area contributed by atoms with E-state index in [0.717, 1.165) is 54.3 Å². The summed E-state index contributed by atoms with van der Waals surface area (Å²) in [5, 5.41) is 1.89. The van der Waals surface area contributed by atoms with Crippen LogP contribution in [0.5, 0.6) is 0 Å². The standard InChI is InChI=1S/C21H24N2O3/c1-22(2)9-5-10-24-14-18-12-16-6-3-8-21-19(20(16)15-25-18)13-17-7-4-11-26-23(17)21/h3-4,6-8,11-12,15H,5,9-10,13-14H2,1-2H3. The van der Waals surface area contributed by atoms with Gasteiger partial charge >= 0.3 is 0 Å².